The number of anilines is 2. The van der Waals surface area contributed by atoms with Crippen molar-refractivity contribution in [1.29, 1.82) is 0 Å². The maximum atomic E-state index is 10.9. The maximum absolute atomic E-state index is 10.9. The van der Waals surface area contributed by atoms with E-state index in [0.717, 1.165) is 23.8 Å². The molecule has 0 saturated carbocycles. The fourth-order valence-electron chi connectivity index (χ4n) is 3.84. The monoisotopic (exact) mass is 432 g/mol. The lowest BCUT2D eigenvalue weighted by atomic mass is 10.1. The predicted molar refractivity (Wildman–Crippen MR) is 120 cm³/mol. The first-order chi connectivity index (χ1) is 14.3. The van der Waals surface area contributed by atoms with Crippen LogP contribution in [-0.4, -0.2) is 60.5 Å². The van der Waals surface area contributed by atoms with E-state index in [-0.39, 0.29) is 6.61 Å². The zero-order valence-electron chi connectivity index (χ0n) is 17.3. The maximum Gasteiger partial charge on any atom is 0.316 e. The van der Waals surface area contributed by atoms with Crippen molar-refractivity contribution in [3.05, 3.63) is 53.6 Å². The van der Waals surface area contributed by atoms with Crippen LogP contribution in [0.5, 0.6) is 5.75 Å². The fourth-order valence-corrected chi connectivity index (χ4v) is 3.97. The number of carbonyl (C=O) groups is 1. The number of nitrogens with one attached hydrogen (secondary N) is 1. The van der Waals surface area contributed by atoms with E-state index in [2.05, 4.69) is 29.0 Å². The summed E-state index contributed by atoms with van der Waals surface area (Å²) in [5, 5.41) is 13.7. The summed E-state index contributed by atoms with van der Waals surface area (Å²) in [6.07, 6.45) is -0.611. The number of primary amides is 1. The van der Waals surface area contributed by atoms with Gasteiger partial charge >= 0.3 is 6.03 Å². The van der Waals surface area contributed by atoms with Crippen LogP contribution in [0.4, 0.5) is 16.2 Å². The van der Waals surface area contributed by atoms with E-state index >= 15 is 0 Å². The summed E-state index contributed by atoms with van der Waals surface area (Å²) in [4.78, 5) is 15.5. The summed E-state index contributed by atoms with van der Waals surface area (Å²) in [6.45, 7) is 6.85. The van der Waals surface area contributed by atoms with Crippen LogP contribution < -0.4 is 20.7 Å². The Morgan fingerprint density at radius 1 is 1.17 bits per heavy atom. The van der Waals surface area contributed by atoms with Crippen molar-refractivity contribution in [2.75, 3.05) is 36.5 Å². The van der Waals surface area contributed by atoms with Crippen LogP contribution in [-0.2, 0) is 0 Å². The Balaban J connectivity index is 1.49. The highest BCUT2D eigenvalue weighted by atomic mass is 35.5. The van der Waals surface area contributed by atoms with Gasteiger partial charge in [-0.1, -0.05) is 11.6 Å². The van der Waals surface area contributed by atoms with Crippen molar-refractivity contribution in [3.63, 3.8) is 0 Å². The molecular formula is C22H29ClN4O3. The summed E-state index contributed by atoms with van der Waals surface area (Å²) in [7, 11) is 0. The Bertz CT molecular complexity index is 819. The second-order valence-electron chi connectivity index (χ2n) is 7.75. The number of β-amino-alcohol motifs (C(OH)–C–C–N with tert-alkyl or cyclic N) is 1. The molecular weight excluding hydrogens is 404 g/mol. The van der Waals surface area contributed by atoms with Gasteiger partial charge in [0.2, 0.25) is 0 Å². The zero-order chi connectivity index (χ0) is 21.7. The Morgan fingerprint density at radius 2 is 1.77 bits per heavy atom. The Hall–Kier alpha value is -2.48. The second kappa shape index (κ2) is 10.0. The van der Waals surface area contributed by atoms with Crippen LogP contribution in [0, 0.1) is 0 Å². The molecule has 0 aliphatic carbocycles. The third kappa shape index (κ3) is 6.01. The first kappa shape index (κ1) is 22.2. The minimum absolute atomic E-state index is 0.194. The molecule has 2 aromatic carbocycles. The summed E-state index contributed by atoms with van der Waals surface area (Å²) < 4.78 is 5.70. The lowest BCUT2D eigenvalue weighted by molar-refractivity contribution is 0.0318. The van der Waals surface area contributed by atoms with Crippen molar-refractivity contribution in [1.82, 2.24) is 4.90 Å². The molecule has 0 aromatic heterocycles. The van der Waals surface area contributed by atoms with Crippen molar-refractivity contribution in [2.45, 2.75) is 32.0 Å². The lowest BCUT2D eigenvalue weighted by Crippen LogP contribution is -2.58. The molecule has 0 bridgehead atoms. The number of urea groups is 1. The Labute approximate surface area is 182 Å². The summed E-state index contributed by atoms with van der Waals surface area (Å²) in [5.74, 6) is 0.623. The smallest absolute Gasteiger partial charge is 0.316 e. The molecule has 4 N–H and O–H groups in total. The number of nitrogens with two attached hydrogens (primary N) is 1. The van der Waals surface area contributed by atoms with E-state index in [0.29, 0.717) is 30.1 Å². The molecule has 0 radical (unpaired) electrons. The predicted octanol–water partition coefficient (Wildman–Crippen LogP) is 3.17. The number of benzene rings is 2. The highest BCUT2D eigenvalue weighted by molar-refractivity contribution is 6.30. The Kier molecular flexibility index (Phi) is 7.42. The molecule has 3 atom stereocenters. The molecule has 7 nitrogen and oxygen atoms in total. The van der Waals surface area contributed by atoms with Gasteiger partial charge in [0.25, 0.3) is 0 Å². The molecule has 1 saturated heterocycles. The average molecular weight is 433 g/mol. The van der Waals surface area contributed by atoms with Gasteiger partial charge in [-0.25, -0.2) is 4.79 Å². The number of amides is 2. The van der Waals surface area contributed by atoms with Gasteiger partial charge in [-0.05, 0) is 62.4 Å². The lowest BCUT2D eigenvalue weighted by Gasteiger charge is -2.46. The number of piperazine rings is 1. The minimum atomic E-state index is -0.613. The number of carbonyl (C=O) groups excluding carboxylic acids is 1. The van der Waals surface area contributed by atoms with E-state index < -0.39 is 12.1 Å². The molecule has 30 heavy (non-hydrogen) atoms. The van der Waals surface area contributed by atoms with Crippen LogP contribution in [0.25, 0.3) is 0 Å². The first-order valence-corrected chi connectivity index (χ1v) is 10.4. The second-order valence-corrected chi connectivity index (χ2v) is 8.19. The van der Waals surface area contributed by atoms with Crippen LogP contribution in [0.3, 0.4) is 0 Å². The molecule has 1 aliphatic heterocycles. The van der Waals surface area contributed by atoms with E-state index in [4.69, 9.17) is 22.1 Å². The normalized spacial score (nSPS) is 20.6. The summed E-state index contributed by atoms with van der Waals surface area (Å²) >= 11 is 6.00. The van der Waals surface area contributed by atoms with Crippen LogP contribution in [0.2, 0.25) is 5.02 Å². The van der Waals surface area contributed by atoms with E-state index in [1.165, 1.54) is 0 Å². The van der Waals surface area contributed by atoms with Crippen LogP contribution >= 0.6 is 11.6 Å². The van der Waals surface area contributed by atoms with Gasteiger partial charge in [0, 0.05) is 48.1 Å². The van der Waals surface area contributed by atoms with Crippen molar-refractivity contribution in [3.8, 4) is 5.75 Å². The van der Waals surface area contributed by atoms with Crippen LogP contribution in [0.1, 0.15) is 13.8 Å². The van der Waals surface area contributed by atoms with Gasteiger partial charge in [-0.3, -0.25) is 4.90 Å². The summed E-state index contributed by atoms with van der Waals surface area (Å²) in [5.41, 5.74) is 6.85. The molecule has 1 unspecified atom stereocenters. The van der Waals surface area contributed by atoms with Crippen molar-refractivity contribution in [2.24, 2.45) is 5.73 Å². The van der Waals surface area contributed by atoms with Gasteiger partial charge in [0.15, 0.2) is 0 Å². The molecule has 1 fully saturated rings. The van der Waals surface area contributed by atoms with E-state index in [1.54, 1.807) is 24.3 Å². The number of hydrogen-bond donors (Lipinski definition) is 3. The fraction of sp³-hybridized carbons (Fsp3) is 0.409. The number of aliphatic hydroxyl groups excluding tert-OH is 1. The SMILES string of the molecule is CC1CN(c2ccc(Cl)cc2)C[C@@H](C)N1C[C@H](O)COc1ccc(NC(N)=O)cc1. The standard InChI is InChI=1S/C22H29ClN4O3/c1-15-11-26(19-7-3-17(23)4-8-19)12-16(2)27(15)13-20(28)14-30-21-9-5-18(6-10-21)25-22(24)29/h3-10,15-16,20,28H,11-14H2,1-2H3,(H3,24,25,29)/t15-,16?,20+/m1/s1. The Morgan fingerprint density at radius 3 is 2.33 bits per heavy atom. The highest BCUT2D eigenvalue weighted by Crippen LogP contribution is 2.24. The van der Waals surface area contributed by atoms with Crippen molar-refractivity contribution < 1.29 is 14.6 Å². The quantitative estimate of drug-likeness (QED) is 0.625. The number of rotatable bonds is 7. The minimum Gasteiger partial charge on any atom is -0.491 e. The van der Waals surface area contributed by atoms with E-state index in [9.17, 15) is 9.90 Å². The van der Waals surface area contributed by atoms with Gasteiger partial charge in [0.05, 0.1) is 0 Å². The van der Waals surface area contributed by atoms with Gasteiger partial charge in [-0.15, -0.1) is 0 Å². The molecule has 162 valence electrons. The number of halogens is 1. The molecule has 0 spiro atoms. The molecule has 1 aliphatic rings. The van der Waals surface area contributed by atoms with Crippen LogP contribution in [0.15, 0.2) is 48.5 Å². The highest BCUT2D eigenvalue weighted by Gasteiger charge is 2.30. The van der Waals surface area contributed by atoms with Gasteiger partial charge in [0.1, 0.15) is 18.5 Å². The number of ether oxygens (including phenoxy) is 1. The third-order valence-electron chi connectivity index (χ3n) is 5.28. The van der Waals surface area contributed by atoms with Gasteiger partial charge < -0.3 is 25.8 Å². The average Bonchev–Trinajstić information content (AvgIpc) is 2.70. The number of nitrogens with zero attached hydrogens (tertiary/aromatic N) is 2. The largest absolute Gasteiger partial charge is 0.491 e. The summed E-state index contributed by atoms with van der Waals surface area (Å²) in [6, 6.07) is 14.7. The van der Waals surface area contributed by atoms with E-state index in [1.807, 2.05) is 24.3 Å². The molecule has 2 aromatic rings. The topological polar surface area (TPSA) is 91.1 Å². The van der Waals surface area contributed by atoms with Crippen molar-refractivity contribution >= 4 is 29.0 Å². The van der Waals surface area contributed by atoms with Gasteiger partial charge in [-0.2, -0.15) is 0 Å². The number of aliphatic hydroxyl groups is 1. The molecule has 1 heterocycles. The first-order valence-electron chi connectivity index (χ1n) is 10.1. The third-order valence-corrected chi connectivity index (χ3v) is 5.53. The number of hydrogen-bond acceptors (Lipinski definition) is 5. The molecule has 2 amide bonds. The zero-order valence-corrected chi connectivity index (χ0v) is 18.0. The molecule has 3 rings (SSSR count). The molecule has 8 heteroatoms.